The fraction of sp³-hybridized carbons (Fsp3) is 0.294. The maximum absolute atomic E-state index is 13.2. The first-order valence-corrected chi connectivity index (χ1v) is 7.76. The number of hydrogen-bond acceptors (Lipinski definition) is 3. The topological polar surface area (TPSA) is 32.5 Å². The van der Waals surface area contributed by atoms with Crippen LogP contribution in [0, 0.1) is 5.82 Å². The molecule has 0 amide bonds. The largest absolute Gasteiger partial charge is 0.397 e. The van der Waals surface area contributed by atoms with Crippen molar-refractivity contribution < 1.29 is 4.39 Å². The Bertz CT molecular complexity index is 654. The molecule has 3 rings (SSSR count). The molecule has 0 radical (unpaired) electrons. The molecule has 2 aromatic carbocycles. The van der Waals surface area contributed by atoms with Gasteiger partial charge in [0.05, 0.1) is 11.4 Å². The second-order valence-corrected chi connectivity index (χ2v) is 6.03. The van der Waals surface area contributed by atoms with Crippen molar-refractivity contribution in [1.29, 1.82) is 0 Å². The molecular weight excluding hydrogens is 301 g/mol. The zero-order valence-corrected chi connectivity index (χ0v) is 13.1. The van der Waals surface area contributed by atoms with E-state index in [2.05, 4.69) is 9.80 Å². The van der Waals surface area contributed by atoms with Crippen LogP contribution in [0.4, 0.5) is 15.8 Å². The predicted octanol–water partition coefficient (Wildman–Crippen LogP) is 3.38. The van der Waals surface area contributed by atoms with Gasteiger partial charge in [0.2, 0.25) is 0 Å². The van der Waals surface area contributed by atoms with Gasteiger partial charge in [-0.3, -0.25) is 4.90 Å². The fourth-order valence-corrected chi connectivity index (χ4v) is 3.03. The smallest absolute Gasteiger partial charge is 0.123 e. The average molecular weight is 320 g/mol. The normalized spacial score (nSPS) is 16.0. The van der Waals surface area contributed by atoms with Crippen molar-refractivity contribution >= 4 is 23.0 Å². The highest BCUT2D eigenvalue weighted by Crippen LogP contribution is 2.27. The Morgan fingerprint density at radius 2 is 1.82 bits per heavy atom. The van der Waals surface area contributed by atoms with E-state index < -0.39 is 0 Å². The van der Waals surface area contributed by atoms with Gasteiger partial charge in [0.1, 0.15) is 5.82 Å². The summed E-state index contributed by atoms with van der Waals surface area (Å²) < 4.78 is 13.2. The third kappa shape index (κ3) is 3.51. The Morgan fingerprint density at radius 1 is 1.05 bits per heavy atom. The molecule has 0 atom stereocenters. The lowest BCUT2D eigenvalue weighted by Crippen LogP contribution is -2.46. The minimum atomic E-state index is -0.176. The summed E-state index contributed by atoms with van der Waals surface area (Å²) in [6.45, 7) is 4.45. The van der Waals surface area contributed by atoms with Crippen LogP contribution in [0.2, 0.25) is 5.02 Å². The maximum Gasteiger partial charge on any atom is 0.123 e. The molecule has 0 aromatic heterocycles. The van der Waals surface area contributed by atoms with Crippen LogP contribution < -0.4 is 10.6 Å². The Hall–Kier alpha value is -1.78. The van der Waals surface area contributed by atoms with Crippen molar-refractivity contribution in [3.05, 3.63) is 58.9 Å². The highest BCUT2D eigenvalue weighted by molar-refractivity contribution is 6.31. The zero-order valence-electron chi connectivity index (χ0n) is 12.3. The van der Waals surface area contributed by atoms with E-state index in [-0.39, 0.29) is 5.82 Å². The molecule has 1 aliphatic heterocycles. The number of rotatable bonds is 3. The molecule has 0 saturated carbocycles. The van der Waals surface area contributed by atoms with Crippen LogP contribution in [0.1, 0.15) is 5.56 Å². The molecule has 116 valence electrons. The molecule has 1 aliphatic rings. The van der Waals surface area contributed by atoms with Crippen molar-refractivity contribution in [3.8, 4) is 0 Å². The number of halogens is 2. The van der Waals surface area contributed by atoms with Crippen LogP contribution in [-0.2, 0) is 6.54 Å². The molecule has 1 heterocycles. The van der Waals surface area contributed by atoms with Crippen molar-refractivity contribution in [2.45, 2.75) is 6.54 Å². The quantitative estimate of drug-likeness (QED) is 0.880. The van der Waals surface area contributed by atoms with Gasteiger partial charge in [-0.2, -0.15) is 0 Å². The molecule has 5 heteroatoms. The molecule has 3 nitrogen and oxygen atoms in total. The number of nitrogens with two attached hydrogens (primary N) is 1. The van der Waals surface area contributed by atoms with Crippen LogP contribution in [0.15, 0.2) is 42.5 Å². The van der Waals surface area contributed by atoms with Crippen molar-refractivity contribution in [3.63, 3.8) is 0 Å². The van der Waals surface area contributed by atoms with E-state index in [9.17, 15) is 4.39 Å². The zero-order chi connectivity index (χ0) is 15.5. The Kier molecular flexibility index (Phi) is 4.50. The van der Waals surface area contributed by atoms with Gasteiger partial charge < -0.3 is 10.6 Å². The summed E-state index contributed by atoms with van der Waals surface area (Å²) in [6.07, 6.45) is 0. The summed E-state index contributed by atoms with van der Waals surface area (Å²) in [5.41, 5.74) is 8.81. The number of hydrogen-bond donors (Lipinski definition) is 1. The van der Waals surface area contributed by atoms with Gasteiger partial charge >= 0.3 is 0 Å². The second-order valence-electron chi connectivity index (χ2n) is 5.60. The molecule has 2 aromatic rings. The van der Waals surface area contributed by atoms with Gasteiger partial charge in [0.25, 0.3) is 0 Å². The molecule has 0 aliphatic carbocycles. The number of piperazine rings is 1. The summed E-state index contributed by atoms with van der Waals surface area (Å²) in [5.74, 6) is -0.176. The van der Waals surface area contributed by atoms with E-state index in [1.165, 1.54) is 6.07 Å². The number of nitrogen functional groups attached to an aromatic ring is 1. The lowest BCUT2D eigenvalue weighted by Gasteiger charge is -2.36. The van der Waals surface area contributed by atoms with E-state index in [1.54, 1.807) is 18.2 Å². The molecular formula is C17H19ClFN3. The van der Waals surface area contributed by atoms with Crippen LogP contribution in [0.5, 0.6) is 0 Å². The third-order valence-corrected chi connectivity index (χ3v) is 4.23. The summed E-state index contributed by atoms with van der Waals surface area (Å²) in [7, 11) is 0. The van der Waals surface area contributed by atoms with Crippen LogP contribution in [0.3, 0.4) is 0 Å². The minimum Gasteiger partial charge on any atom is -0.397 e. The highest BCUT2D eigenvalue weighted by Gasteiger charge is 2.19. The average Bonchev–Trinajstić information content (AvgIpc) is 2.48. The monoisotopic (exact) mass is 319 g/mol. The fourth-order valence-electron chi connectivity index (χ4n) is 2.85. The van der Waals surface area contributed by atoms with Gasteiger partial charge in [0, 0.05) is 37.7 Å². The molecule has 0 spiro atoms. The predicted molar refractivity (Wildman–Crippen MR) is 89.8 cm³/mol. The van der Waals surface area contributed by atoms with E-state index >= 15 is 0 Å². The van der Waals surface area contributed by atoms with Crippen LogP contribution >= 0.6 is 11.6 Å². The van der Waals surface area contributed by atoms with E-state index in [4.69, 9.17) is 17.3 Å². The first kappa shape index (κ1) is 15.1. The number of anilines is 2. The number of benzene rings is 2. The first-order valence-electron chi connectivity index (χ1n) is 7.38. The lowest BCUT2D eigenvalue weighted by molar-refractivity contribution is 0.249. The molecule has 1 saturated heterocycles. The summed E-state index contributed by atoms with van der Waals surface area (Å²) in [4.78, 5) is 4.60. The van der Waals surface area contributed by atoms with Crippen LogP contribution in [0.25, 0.3) is 0 Å². The van der Waals surface area contributed by atoms with Gasteiger partial charge in [-0.15, -0.1) is 0 Å². The Balaban J connectivity index is 1.60. The summed E-state index contributed by atoms with van der Waals surface area (Å²) in [5, 5.41) is 0.658. The SMILES string of the molecule is Nc1cc(Cl)ccc1N1CCN(Cc2cccc(F)c2)CC1. The summed E-state index contributed by atoms with van der Waals surface area (Å²) in [6, 6.07) is 12.4. The highest BCUT2D eigenvalue weighted by atomic mass is 35.5. The van der Waals surface area contributed by atoms with E-state index in [1.807, 2.05) is 18.2 Å². The molecule has 0 bridgehead atoms. The van der Waals surface area contributed by atoms with Gasteiger partial charge in [0.15, 0.2) is 0 Å². The Morgan fingerprint density at radius 3 is 2.50 bits per heavy atom. The maximum atomic E-state index is 13.2. The van der Waals surface area contributed by atoms with Crippen LogP contribution in [-0.4, -0.2) is 31.1 Å². The van der Waals surface area contributed by atoms with Gasteiger partial charge in [-0.25, -0.2) is 4.39 Å². The molecule has 1 fully saturated rings. The number of nitrogens with zero attached hydrogens (tertiary/aromatic N) is 2. The Labute approximate surface area is 135 Å². The minimum absolute atomic E-state index is 0.176. The first-order chi connectivity index (χ1) is 10.6. The third-order valence-electron chi connectivity index (χ3n) is 4.00. The second kappa shape index (κ2) is 6.55. The molecule has 22 heavy (non-hydrogen) atoms. The standard InChI is InChI=1S/C17H19ClFN3/c18-14-4-5-17(16(20)11-14)22-8-6-21(7-9-22)12-13-2-1-3-15(19)10-13/h1-5,10-11H,6-9,12,20H2. The van der Waals surface area contributed by atoms with Crippen molar-refractivity contribution in [2.24, 2.45) is 0 Å². The van der Waals surface area contributed by atoms with E-state index in [0.717, 1.165) is 44.0 Å². The summed E-state index contributed by atoms with van der Waals surface area (Å²) >= 11 is 5.94. The van der Waals surface area contributed by atoms with Crippen molar-refractivity contribution in [2.75, 3.05) is 36.8 Å². The lowest BCUT2D eigenvalue weighted by atomic mass is 10.1. The van der Waals surface area contributed by atoms with Gasteiger partial charge in [-0.1, -0.05) is 23.7 Å². The van der Waals surface area contributed by atoms with E-state index in [0.29, 0.717) is 10.7 Å². The molecule has 2 N–H and O–H groups in total. The van der Waals surface area contributed by atoms with Gasteiger partial charge in [-0.05, 0) is 35.9 Å². The van der Waals surface area contributed by atoms with Crippen molar-refractivity contribution in [1.82, 2.24) is 4.90 Å². The molecule has 0 unspecified atom stereocenters.